The van der Waals surface area contributed by atoms with Crippen LogP contribution in [0.25, 0.3) is 28.0 Å². The summed E-state index contributed by atoms with van der Waals surface area (Å²) in [7, 11) is 0. The summed E-state index contributed by atoms with van der Waals surface area (Å²) in [5, 5.41) is 12.6. The average Bonchev–Trinajstić information content (AvgIpc) is 3.38. The van der Waals surface area contributed by atoms with E-state index in [1.165, 1.54) is 0 Å². The van der Waals surface area contributed by atoms with Crippen LogP contribution < -0.4 is 16.4 Å². The molecule has 2 aromatic heterocycles. The molecule has 2 heterocycles. The van der Waals surface area contributed by atoms with Crippen molar-refractivity contribution in [2.75, 3.05) is 0 Å². The highest BCUT2D eigenvalue weighted by molar-refractivity contribution is 5.92. The number of carbonyl (C=O) groups excluding carboxylic acids is 2. The lowest BCUT2D eigenvalue weighted by molar-refractivity contribution is -0.122. The van der Waals surface area contributed by atoms with Gasteiger partial charge in [-0.05, 0) is 24.3 Å². The van der Waals surface area contributed by atoms with Gasteiger partial charge in [0.05, 0.1) is 17.6 Å². The molecule has 3 aromatic carbocycles. The maximum absolute atomic E-state index is 12.7. The summed E-state index contributed by atoms with van der Waals surface area (Å²) in [4.78, 5) is 41.9. The number of carbonyl (C=O) groups is 2. The Labute approximate surface area is 204 Å². The van der Waals surface area contributed by atoms with Crippen molar-refractivity contribution in [1.29, 1.82) is 0 Å². The van der Waals surface area contributed by atoms with E-state index in [9.17, 15) is 14.4 Å². The van der Waals surface area contributed by atoms with E-state index in [1.807, 2.05) is 60.7 Å². The van der Waals surface area contributed by atoms with Gasteiger partial charge in [-0.15, -0.1) is 10.2 Å². The molecule has 0 unspecified atom stereocenters. The molecular weight excluding hydrogens is 460 g/mol. The predicted molar refractivity (Wildman–Crippen MR) is 131 cm³/mol. The summed E-state index contributed by atoms with van der Waals surface area (Å²) in [6.45, 7) is -0.00257. The van der Waals surface area contributed by atoms with Crippen LogP contribution >= 0.6 is 0 Å². The normalized spacial score (nSPS) is 10.8. The molecule has 5 rings (SSSR count). The molecule has 0 aliphatic rings. The van der Waals surface area contributed by atoms with Crippen LogP contribution in [-0.4, -0.2) is 41.6 Å². The number of amides is 2. The first kappa shape index (κ1) is 22.6. The molecular formula is C25H20N8O3. The fourth-order valence-electron chi connectivity index (χ4n) is 3.55. The van der Waals surface area contributed by atoms with E-state index in [-0.39, 0.29) is 24.3 Å². The maximum Gasteiger partial charge on any atom is 0.309 e. The number of aromatic nitrogens is 6. The van der Waals surface area contributed by atoms with Gasteiger partial charge in [0.1, 0.15) is 5.52 Å². The van der Waals surface area contributed by atoms with Crippen LogP contribution in [0.4, 0.5) is 0 Å². The number of hydrogen-bond donors (Lipinski definition) is 2. The number of aryl methyl sites for hydroxylation is 1. The second kappa shape index (κ2) is 9.97. The number of rotatable bonds is 6. The Morgan fingerprint density at radius 2 is 1.53 bits per heavy atom. The Bertz CT molecular complexity index is 1540. The van der Waals surface area contributed by atoms with Gasteiger partial charge in [0, 0.05) is 12.0 Å². The first-order chi connectivity index (χ1) is 17.6. The predicted octanol–water partition coefficient (Wildman–Crippen LogP) is 1.89. The zero-order valence-electron chi connectivity index (χ0n) is 18.9. The van der Waals surface area contributed by atoms with Crippen LogP contribution in [0.15, 0.2) is 89.7 Å². The molecule has 0 aliphatic heterocycles. The number of hydrogen-bond acceptors (Lipinski definition) is 7. The smallest absolute Gasteiger partial charge is 0.273 e. The van der Waals surface area contributed by atoms with Gasteiger partial charge in [-0.3, -0.25) is 25.2 Å². The Morgan fingerprint density at radius 3 is 2.31 bits per heavy atom. The fourth-order valence-corrected chi connectivity index (χ4v) is 3.55. The van der Waals surface area contributed by atoms with Crippen molar-refractivity contribution in [2.24, 2.45) is 0 Å². The number of fused-ring (bicyclic) bond motifs is 1. The largest absolute Gasteiger partial charge is 0.309 e. The molecule has 0 fully saturated rings. The topological polar surface area (TPSA) is 137 Å². The first-order valence-electron chi connectivity index (χ1n) is 11.1. The van der Waals surface area contributed by atoms with Crippen molar-refractivity contribution in [2.45, 2.75) is 13.0 Å². The van der Waals surface area contributed by atoms with E-state index >= 15 is 0 Å². The minimum atomic E-state index is -0.683. The maximum atomic E-state index is 12.7. The van der Waals surface area contributed by atoms with Crippen LogP contribution in [0.3, 0.4) is 0 Å². The van der Waals surface area contributed by atoms with Crippen LogP contribution in [0.1, 0.15) is 17.0 Å². The highest BCUT2D eigenvalue weighted by Crippen LogP contribution is 2.20. The lowest BCUT2D eigenvalue weighted by Gasteiger charge is -2.07. The third kappa shape index (κ3) is 4.71. The SMILES string of the molecule is O=C(CCn1nnc2ccccc2c1=O)NNC(=O)c1nc(-c2ccccc2)n(-c2ccccc2)n1. The number of nitrogens with zero attached hydrogens (tertiary/aromatic N) is 6. The summed E-state index contributed by atoms with van der Waals surface area (Å²) in [5.41, 5.74) is 6.29. The van der Waals surface area contributed by atoms with Gasteiger partial charge in [-0.2, -0.15) is 0 Å². The van der Waals surface area contributed by atoms with Gasteiger partial charge in [0.25, 0.3) is 5.56 Å². The van der Waals surface area contributed by atoms with Gasteiger partial charge in [0.2, 0.25) is 11.7 Å². The van der Waals surface area contributed by atoms with Crippen molar-refractivity contribution >= 4 is 22.7 Å². The van der Waals surface area contributed by atoms with E-state index in [0.29, 0.717) is 16.7 Å². The number of benzene rings is 3. The van der Waals surface area contributed by atoms with Crippen molar-refractivity contribution in [3.63, 3.8) is 0 Å². The van der Waals surface area contributed by atoms with Crippen molar-refractivity contribution in [3.8, 4) is 17.1 Å². The third-order valence-corrected chi connectivity index (χ3v) is 5.34. The molecule has 0 bridgehead atoms. The van der Waals surface area contributed by atoms with Crippen LogP contribution in [0.2, 0.25) is 0 Å². The van der Waals surface area contributed by atoms with Crippen LogP contribution in [0.5, 0.6) is 0 Å². The second-order valence-electron chi connectivity index (χ2n) is 7.76. The molecule has 178 valence electrons. The van der Waals surface area contributed by atoms with E-state index in [2.05, 4.69) is 31.2 Å². The Hall–Kier alpha value is -5.19. The van der Waals surface area contributed by atoms with E-state index < -0.39 is 11.8 Å². The molecule has 0 spiro atoms. The van der Waals surface area contributed by atoms with E-state index in [4.69, 9.17) is 0 Å². The second-order valence-corrected chi connectivity index (χ2v) is 7.76. The first-order valence-corrected chi connectivity index (χ1v) is 11.1. The monoisotopic (exact) mass is 480 g/mol. The molecule has 0 atom stereocenters. The van der Waals surface area contributed by atoms with E-state index in [0.717, 1.165) is 15.9 Å². The number of hydrazine groups is 1. The highest BCUT2D eigenvalue weighted by Gasteiger charge is 2.19. The Kier molecular flexibility index (Phi) is 6.26. The molecule has 2 N–H and O–H groups in total. The lowest BCUT2D eigenvalue weighted by Crippen LogP contribution is -2.42. The minimum absolute atomic E-state index is 0.00257. The fraction of sp³-hybridized carbons (Fsp3) is 0.0800. The number of para-hydroxylation sites is 1. The van der Waals surface area contributed by atoms with Crippen LogP contribution in [0, 0.1) is 0 Å². The molecule has 36 heavy (non-hydrogen) atoms. The van der Waals surface area contributed by atoms with Crippen molar-refractivity contribution < 1.29 is 9.59 Å². The summed E-state index contributed by atoms with van der Waals surface area (Å²) in [5.74, 6) is -0.837. The minimum Gasteiger partial charge on any atom is -0.273 e. The molecule has 2 amide bonds. The quantitative estimate of drug-likeness (QED) is 0.354. The van der Waals surface area contributed by atoms with Gasteiger partial charge >= 0.3 is 5.91 Å². The van der Waals surface area contributed by atoms with E-state index in [1.54, 1.807) is 28.9 Å². The average molecular weight is 480 g/mol. The Morgan fingerprint density at radius 1 is 0.833 bits per heavy atom. The Balaban J connectivity index is 1.27. The molecule has 11 nitrogen and oxygen atoms in total. The zero-order chi connectivity index (χ0) is 24.9. The summed E-state index contributed by atoms with van der Waals surface area (Å²) in [6.07, 6.45) is -0.103. The standard InChI is InChI=1S/C25H20N8O3/c34-21(15-16-32-25(36)19-13-7-8-14-20(19)27-31-32)28-29-24(35)22-26-23(17-9-3-1-4-10-17)33(30-22)18-11-5-2-6-12-18/h1-14H,15-16H2,(H,28,34)(H,29,35). The molecule has 0 saturated heterocycles. The van der Waals surface area contributed by atoms with Crippen molar-refractivity contribution in [1.82, 2.24) is 40.6 Å². The lowest BCUT2D eigenvalue weighted by atomic mass is 10.2. The van der Waals surface area contributed by atoms with Crippen LogP contribution in [-0.2, 0) is 11.3 Å². The molecule has 11 heteroatoms. The van der Waals surface area contributed by atoms with Gasteiger partial charge in [-0.1, -0.05) is 65.9 Å². The molecule has 0 aliphatic carbocycles. The summed E-state index contributed by atoms with van der Waals surface area (Å²) < 4.78 is 2.68. The molecule has 0 radical (unpaired) electrons. The number of nitrogens with one attached hydrogen (secondary N) is 2. The molecule has 0 saturated carbocycles. The zero-order valence-corrected chi connectivity index (χ0v) is 18.9. The highest BCUT2D eigenvalue weighted by atomic mass is 16.2. The molecule has 5 aromatic rings. The third-order valence-electron chi connectivity index (χ3n) is 5.34. The van der Waals surface area contributed by atoms with Gasteiger partial charge in [0.15, 0.2) is 5.82 Å². The summed E-state index contributed by atoms with van der Waals surface area (Å²) in [6, 6.07) is 25.5. The van der Waals surface area contributed by atoms with Gasteiger partial charge in [-0.25, -0.2) is 14.3 Å². The van der Waals surface area contributed by atoms with Gasteiger partial charge < -0.3 is 0 Å². The summed E-state index contributed by atoms with van der Waals surface area (Å²) >= 11 is 0. The van der Waals surface area contributed by atoms with Crippen molar-refractivity contribution in [3.05, 3.63) is 101 Å².